The van der Waals surface area contributed by atoms with E-state index in [0.29, 0.717) is 18.3 Å². The van der Waals surface area contributed by atoms with Crippen molar-refractivity contribution in [2.75, 3.05) is 32.1 Å². The van der Waals surface area contributed by atoms with Crippen molar-refractivity contribution in [2.24, 2.45) is 0 Å². The van der Waals surface area contributed by atoms with Gasteiger partial charge < -0.3 is 31.3 Å². The van der Waals surface area contributed by atoms with Gasteiger partial charge in [0.15, 0.2) is 0 Å². The SMILES string of the molecule is O=C(O)CCCC[C@@H]1SC[C@@H]2NC(=O)N[C@@H]21.OCCNCCO. The van der Waals surface area contributed by atoms with Gasteiger partial charge in [0.2, 0.25) is 0 Å². The van der Waals surface area contributed by atoms with Crippen LogP contribution in [0.25, 0.3) is 0 Å². The van der Waals surface area contributed by atoms with Crippen molar-refractivity contribution in [3.63, 3.8) is 0 Å². The molecule has 2 aliphatic rings. The van der Waals surface area contributed by atoms with Gasteiger partial charge in [-0.05, 0) is 12.8 Å². The molecule has 0 unspecified atom stereocenters. The Balaban J connectivity index is 0.000000322. The van der Waals surface area contributed by atoms with Crippen molar-refractivity contribution in [1.82, 2.24) is 16.0 Å². The number of carboxylic acids is 1. The van der Waals surface area contributed by atoms with E-state index in [1.807, 2.05) is 11.8 Å². The second-order valence-corrected chi connectivity index (χ2v) is 6.73. The number of carbonyl (C=O) groups excluding carboxylic acids is 1. The van der Waals surface area contributed by atoms with Gasteiger partial charge in [0.25, 0.3) is 0 Å². The van der Waals surface area contributed by atoms with Crippen LogP contribution in [0.1, 0.15) is 25.7 Å². The number of aliphatic carboxylic acids is 1. The highest BCUT2D eigenvalue weighted by atomic mass is 32.2. The number of hydrogen-bond acceptors (Lipinski definition) is 6. The standard InChI is InChI=1S/C10H16N2O3S.C4H11NO2/c13-8(14)4-2-1-3-7-9-6(5-16-7)11-10(15)12-9;6-3-1-5-2-4-7/h6-7,9H,1-5H2,(H,13,14)(H2,11,12,15);5-7H,1-4H2/t6-,7-,9-;/m0./s1. The summed E-state index contributed by atoms with van der Waals surface area (Å²) >= 11 is 1.87. The highest BCUT2D eigenvalue weighted by Gasteiger charge is 2.42. The zero-order valence-electron chi connectivity index (χ0n) is 13.2. The molecule has 23 heavy (non-hydrogen) atoms. The molecule has 2 amide bonds. The Kier molecular flexibility index (Phi) is 10.0. The largest absolute Gasteiger partial charge is 0.481 e. The molecule has 6 N–H and O–H groups in total. The zero-order chi connectivity index (χ0) is 17.1. The highest BCUT2D eigenvalue weighted by molar-refractivity contribution is 8.00. The first-order valence-electron chi connectivity index (χ1n) is 7.91. The quantitative estimate of drug-likeness (QED) is 0.241. The molecule has 2 rings (SSSR count). The minimum absolute atomic E-state index is 0.0640. The van der Waals surface area contributed by atoms with Crippen LogP contribution in [0.2, 0.25) is 0 Å². The van der Waals surface area contributed by atoms with Crippen LogP contribution >= 0.6 is 11.8 Å². The molecule has 2 saturated heterocycles. The molecular weight excluding hydrogens is 322 g/mol. The number of hydrogen-bond donors (Lipinski definition) is 6. The molecule has 2 fully saturated rings. The molecule has 0 aromatic heterocycles. The van der Waals surface area contributed by atoms with E-state index in [0.717, 1.165) is 25.0 Å². The summed E-state index contributed by atoms with van der Waals surface area (Å²) < 4.78 is 0. The Morgan fingerprint density at radius 2 is 1.91 bits per heavy atom. The maximum Gasteiger partial charge on any atom is 0.315 e. The van der Waals surface area contributed by atoms with Crippen LogP contribution in [0.4, 0.5) is 4.79 Å². The molecule has 3 atom stereocenters. The second-order valence-electron chi connectivity index (χ2n) is 5.46. The first-order valence-corrected chi connectivity index (χ1v) is 8.96. The molecule has 0 saturated carbocycles. The number of thioether (sulfide) groups is 1. The van der Waals surface area contributed by atoms with Crippen LogP contribution < -0.4 is 16.0 Å². The zero-order valence-corrected chi connectivity index (χ0v) is 14.0. The molecule has 0 bridgehead atoms. The summed E-state index contributed by atoms with van der Waals surface area (Å²) in [7, 11) is 0. The lowest BCUT2D eigenvalue weighted by Gasteiger charge is -2.16. The Bertz CT molecular complexity index is 368. The Morgan fingerprint density at radius 1 is 1.22 bits per heavy atom. The van der Waals surface area contributed by atoms with E-state index < -0.39 is 5.97 Å². The third-order valence-corrected chi connectivity index (χ3v) is 5.15. The number of unbranched alkanes of at least 4 members (excludes halogenated alkanes) is 1. The summed E-state index contributed by atoms with van der Waals surface area (Å²) in [6.45, 7) is 1.42. The lowest BCUT2D eigenvalue weighted by molar-refractivity contribution is -0.137. The lowest BCUT2D eigenvalue weighted by Crippen LogP contribution is -2.36. The summed E-state index contributed by atoms with van der Waals surface area (Å²) in [6, 6.07) is 0.440. The van der Waals surface area contributed by atoms with Gasteiger partial charge in [-0.1, -0.05) is 6.42 Å². The van der Waals surface area contributed by atoms with Gasteiger partial charge in [-0.25, -0.2) is 4.79 Å². The van der Waals surface area contributed by atoms with Crippen LogP contribution in [0, 0.1) is 0 Å². The lowest BCUT2D eigenvalue weighted by atomic mass is 10.0. The van der Waals surface area contributed by atoms with Gasteiger partial charge in [-0.15, -0.1) is 0 Å². The van der Waals surface area contributed by atoms with Crippen molar-refractivity contribution in [3.05, 3.63) is 0 Å². The second kappa shape index (κ2) is 11.5. The van der Waals surface area contributed by atoms with Crippen molar-refractivity contribution in [1.29, 1.82) is 0 Å². The molecule has 0 radical (unpaired) electrons. The Hall–Kier alpha value is -1.03. The predicted octanol–water partition coefficient (Wildman–Crippen LogP) is -0.643. The number of carboxylic acid groups (broad SMARTS) is 1. The first kappa shape index (κ1) is 20.0. The third-order valence-electron chi connectivity index (χ3n) is 3.64. The Morgan fingerprint density at radius 3 is 2.52 bits per heavy atom. The molecule has 8 nitrogen and oxygen atoms in total. The molecule has 0 aromatic rings. The van der Waals surface area contributed by atoms with Crippen LogP contribution in [-0.4, -0.2) is 76.7 Å². The van der Waals surface area contributed by atoms with E-state index >= 15 is 0 Å². The van der Waals surface area contributed by atoms with Crippen LogP contribution in [0.5, 0.6) is 0 Å². The number of fused-ring (bicyclic) bond motifs is 1. The van der Waals surface area contributed by atoms with Gasteiger partial charge in [0.05, 0.1) is 25.3 Å². The smallest absolute Gasteiger partial charge is 0.315 e. The summed E-state index contributed by atoms with van der Waals surface area (Å²) in [6.07, 6.45) is 2.88. The molecule has 2 aliphatic heterocycles. The minimum Gasteiger partial charge on any atom is -0.481 e. The average Bonchev–Trinajstić information content (AvgIpc) is 3.04. The summed E-state index contributed by atoms with van der Waals surface area (Å²) in [5, 5.41) is 33.9. The van der Waals surface area contributed by atoms with E-state index in [2.05, 4.69) is 16.0 Å². The number of aliphatic hydroxyl groups is 2. The van der Waals surface area contributed by atoms with E-state index in [1.165, 1.54) is 0 Å². The summed E-state index contributed by atoms with van der Waals surface area (Å²) in [5.74, 6) is 0.236. The molecule has 0 spiro atoms. The first-order chi connectivity index (χ1) is 11.1. The number of nitrogens with one attached hydrogen (secondary N) is 3. The van der Waals surface area contributed by atoms with Gasteiger partial charge in [-0.2, -0.15) is 11.8 Å². The molecule has 2 heterocycles. The molecule has 0 aliphatic carbocycles. The van der Waals surface area contributed by atoms with E-state index in [1.54, 1.807) is 0 Å². The maximum absolute atomic E-state index is 11.1. The Labute approximate surface area is 140 Å². The van der Waals surface area contributed by atoms with E-state index in [4.69, 9.17) is 15.3 Å². The van der Waals surface area contributed by atoms with Crippen LogP contribution in [-0.2, 0) is 4.79 Å². The predicted molar refractivity (Wildman–Crippen MR) is 88.6 cm³/mol. The van der Waals surface area contributed by atoms with E-state index in [-0.39, 0.29) is 37.7 Å². The number of aliphatic hydroxyl groups excluding tert-OH is 2. The minimum atomic E-state index is -0.729. The number of urea groups is 1. The van der Waals surface area contributed by atoms with Crippen molar-refractivity contribution in [2.45, 2.75) is 43.0 Å². The van der Waals surface area contributed by atoms with Crippen molar-refractivity contribution < 1.29 is 24.9 Å². The van der Waals surface area contributed by atoms with Gasteiger partial charge in [0, 0.05) is 30.5 Å². The number of carbonyl (C=O) groups is 2. The summed E-state index contributed by atoms with van der Waals surface area (Å²) in [5.41, 5.74) is 0. The van der Waals surface area contributed by atoms with Crippen LogP contribution in [0.3, 0.4) is 0 Å². The number of amides is 2. The fourth-order valence-electron chi connectivity index (χ4n) is 2.55. The average molecular weight is 349 g/mol. The highest BCUT2D eigenvalue weighted by Crippen LogP contribution is 2.33. The van der Waals surface area contributed by atoms with Gasteiger partial charge in [-0.3, -0.25) is 4.79 Å². The van der Waals surface area contributed by atoms with Gasteiger partial charge in [0.1, 0.15) is 0 Å². The molecule has 134 valence electrons. The van der Waals surface area contributed by atoms with Crippen molar-refractivity contribution in [3.8, 4) is 0 Å². The topological polar surface area (TPSA) is 131 Å². The van der Waals surface area contributed by atoms with E-state index in [9.17, 15) is 9.59 Å². The van der Waals surface area contributed by atoms with Crippen LogP contribution in [0.15, 0.2) is 0 Å². The molecular formula is C14H27N3O5S. The molecule has 0 aromatic carbocycles. The third kappa shape index (κ3) is 7.87. The fraction of sp³-hybridized carbons (Fsp3) is 0.857. The maximum atomic E-state index is 11.1. The monoisotopic (exact) mass is 349 g/mol. The summed E-state index contributed by atoms with van der Waals surface area (Å²) in [4.78, 5) is 21.5. The van der Waals surface area contributed by atoms with Gasteiger partial charge >= 0.3 is 12.0 Å². The van der Waals surface area contributed by atoms with Crippen molar-refractivity contribution >= 4 is 23.8 Å². The normalized spacial score (nSPS) is 25.1. The fourth-order valence-corrected chi connectivity index (χ4v) is 4.09. The molecule has 9 heteroatoms. The number of rotatable bonds is 9.